The van der Waals surface area contributed by atoms with Gasteiger partial charge in [-0.1, -0.05) is 6.92 Å². The smallest absolute Gasteiger partial charge is 0.416 e. The highest BCUT2D eigenvalue weighted by Crippen LogP contribution is 2.29. The van der Waals surface area contributed by atoms with Crippen LogP contribution in [0, 0.1) is 0 Å². The van der Waals surface area contributed by atoms with Crippen molar-refractivity contribution in [1.29, 1.82) is 0 Å². The number of carbonyl (C=O) groups excluding carboxylic acids is 2. The number of hydrogen-bond donors (Lipinski definition) is 2. The number of hydrogen-bond acceptors (Lipinski definition) is 3. The maximum absolute atomic E-state index is 12.5. The minimum atomic E-state index is -4.50. The molecule has 0 saturated carbocycles. The maximum Gasteiger partial charge on any atom is 0.416 e. The normalized spacial score (nSPS) is 12.4. The number of alkyl halides is 3. The van der Waals surface area contributed by atoms with Crippen LogP contribution in [0.3, 0.4) is 0 Å². The summed E-state index contributed by atoms with van der Waals surface area (Å²) in [6, 6.07) is 3.23. The molecule has 25 heavy (non-hydrogen) atoms. The molecule has 0 spiro atoms. The van der Waals surface area contributed by atoms with Crippen molar-refractivity contribution in [2.75, 3.05) is 13.1 Å². The number of nitrogens with zero attached hydrogens (tertiary/aromatic N) is 1. The molecule has 0 aromatic heterocycles. The number of amides is 2. The average Bonchev–Trinajstić information content (AvgIpc) is 2.55. The van der Waals surface area contributed by atoms with Gasteiger partial charge in [-0.25, -0.2) is 0 Å². The first kappa shape index (κ1) is 20.5. The van der Waals surface area contributed by atoms with Gasteiger partial charge in [-0.2, -0.15) is 13.2 Å². The summed E-state index contributed by atoms with van der Waals surface area (Å²) in [4.78, 5) is 36.0. The van der Waals surface area contributed by atoms with E-state index in [2.05, 4.69) is 5.32 Å². The number of halogens is 3. The molecular weight excluding hydrogens is 341 g/mol. The fourth-order valence-electron chi connectivity index (χ4n) is 2.03. The molecule has 1 aromatic rings. The van der Waals surface area contributed by atoms with Crippen molar-refractivity contribution in [2.45, 2.75) is 32.5 Å². The van der Waals surface area contributed by atoms with E-state index in [0.717, 1.165) is 29.2 Å². The number of rotatable bonds is 7. The molecule has 0 saturated heterocycles. The Kier molecular flexibility index (Phi) is 6.96. The molecule has 0 radical (unpaired) electrons. The van der Waals surface area contributed by atoms with Gasteiger partial charge in [-0.15, -0.1) is 0 Å². The van der Waals surface area contributed by atoms with Gasteiger partial charge in [0, 0.05) is 11.6 Å². The van der Waals surface area contributed by atoms with Crippen LogP contribution >= 0.6 is 0 Å². The Morgan fingerprint density at radius 2 is 1.76 bits per heavy atom. The number of carboxylic acid groups (broad SMARTS) is 1. The maximum atomic E-state index is 12.5. The van der Waals surface area contributed by atoms with Gasteiger partial charge in [0.15, 0.2) is 0 Å². The number of nitrogens with one attached hydrogen (secondary N) is 1. The second-order valence-corrected chi connectivity index (χ2v) is 5.43. The van der Waals surface area contributed by atoms with Crippen LogP contribution in [0.4, 0.5) is 13.2 Å². The van der Waals surface area contributed by atoms with Gasteiger partial charge in [0.25, 0.3) is 5.91 Å². The van der Waals surface area contributed by atoms with Crippen molar-refractivity contribution in [1.82, 2.24) is 10.2 Å². The molecule has 1 rings (SSSR count). The van der Waals surface area contributed by atoms with E-state index >= 15 is 0 Å². The van der Waals surface area contributed by atoms with E-state index in [4.69, 9.17) is 5.11 Å². The van der Waals surface area contributed by atoms with Crippen molar-refractivity contribution in [3.8, 4) is 0 Å². The molecule has 0 bridgehead atoms. The molecule has 9 heteroatoms. The lowest BCUT2D eigenvalue weighted by molar-refractivity contribution is -0.145. The van der Waals surface area contributed by atoms with Gasteiger partial charge in [0.1, 0.15) is 6.54 Å². The Hall–Kier alpha value is -2.58. The molecule has 2 N–H and O–H groups in total. The Morgan fingerprint density at radius 3 is 2.20 bits per heavy atom. The highest BCUT2D eigenvalue weighted by molar-refractivity contribution is 5.96. The molecule has 0 heterocycles. The number of benzene rings is 1. The number of carboxylic acids is 1. The molecule has 0 aliphatic heterocycles. The third kappa shape index (κ3) is 6.09. The fourth-order valence-corrected chi connectivity index (χ4v) is 2.03. The highest BCUT2D eigenvalue weighted by atomic mass is 19.4. The quantitative estimate of drug-likeness (QED) is 0.780. The molecule has 2 amide bonds. The number of aliphatic carboxylic acids is 1. The molecule has 0 aliphatic rings. The largest absolute Gasteiger partial charge is 0.480 e. The van der Waals surface area contributed by atoms with E-state index in [9.17, 15) is 27.6 Å². The molecule has 0 aliphatic carbocycles. The Balaban J connectivity index is 2.70. The summed E-state index contributed by atoms with van der Waals surface area (Å²) < 4.78 is 37.4. The average molecular weight is 360 g/mol. The van der Waals surface area contributed by atoms with E-state index in [1.807, 2.05) is 0 Å². The van der Waals surface area contributed by atoms with Gasteiger partial charge < -0.3 is 15.3 Å². The summed E-state index contributed by atoms with van der Waals surface area (Å²) >= 11 is 0. The zero-order valence-corrected chi connectivity index (χ0v) is 13.8. The van der Waals surface area contributed by atoms with E-state index in [0.29, 0.717) is 6.42 Å². The van der Waals surface area contributed by atoms with Crippen LogP contribution in [-0.2, 0) is 15.8 Å². The van der Waals surface area contributed by atoms with Crippen LogP contribution in [0.25, 0.3) is 0 Å². The predicted molar refractivity (Wildman–Crippen MR) is 82.9 cm³/mol. The van der Waals surface area contributed by atoms with Gasteiger partial charge in [0.2, 0.25) is 5.91 Å². The zero-order chi connectivity index (χ0) is 19.2. The third-order valence-electron chi connectivity index (χ3n) is 3.62. The fraction of sp³-hybridized carbons (Fsp3) is 0.438. The lowest BCUT2D eigenvalue weighted by Gasteiger charge is -2.27. The van der Waals surface area contributed by atoms with Crippen LogP contribution in [0.5, 0.6) is 0 Å². The number of carbonyl (C=O) groups is 3. The van der Waals surface area contributed by atoms with Crippen molar-refractivity contribution in [3.05, 3.63) is 35.4 Å². The summed E-state index contributed by atoms with van der Waals surface area (Å²) in [5, 5.41) is 11.1. The van der Waals surface area contributed by atoms with Crippen molar-refractivity contribution >= 4 is 17.8 Å². The van der Waals surface area contributed by atoms with Gasteiger partial charge in [0.05, 0.1) is 12.1 Å². The van der Waals surface area contributed by atoms with Gasteiger partial charge in [-0.3, -0.25) is 14.4 Å². The van der Waals surface area contributed by atoms with Crippen LogP contribution in [-0.4, -0.2) is 46.9 Å². The first-order chi connectivity index (χ1) is 11.6. The lowest BCUT2D eigenvalue weighted by Crippen LogP contribution is -2.46. The molecule has 0 fully saturated rings. The zero-order valence-electron chi connectivity index (χ0n) is 13.8. The SMILES string of the molecule is CCC(C)N(CC(=O)O)C(=O)CNC(=O)c1ccc(C(F)(F)F)cc1. The van der Waals surface area contributed by atoms with Crippen molar-refractivity contribution < 1.29 is 32.7 Å². The standard InChI is InChI=1S/C16H19F3N2O4/c1-3-10(2)21(9-14(23)24)13(22)8-20-15(25)11-4-6-12(7-5-11)16(17,18)19/h4-7,10H,3,8-9H2,1-2H3,(H,20,25)(H,23,24). The first-order valence-electron chi connectivity index (χ1n) is 7.53. The van der Waals surface area contributed by atoms with Crippen molar-refractivity contribution in [3.63, 3.8) is 0 Å². The Morgan fingerprint density at radius 1 is 1.20 bits per heavy atom. The van der Waals surface area contributed by atoms with E-state index in [1.54, 1.807) is 13.8 Å². The second kappa shape index (κ2) is 8.50. The predicted octanol–water partition coefficient (Wildman–Crippen LogP) is 2.15. The highest BCUT2D eigenvalue weighted by Gasteiger charge is 2.30. The lowest BCUT2D eigenvalue weighted by atomic mass is 10.1. The summed E-state index contributed by atoms with van der Waals surface area (Å²) in [5.74, 6) is -2.48. The summed E-state index contributed by atoms with van der Waals surface area (Å²) in [6.07, 6.45) is -3.97. The molecule has 1 aromatic carbocycles. The minimum absolute atomic E-state index is 0.0332. The van der Waals surface area contributed by atoms with Gasteiger partial charge in [-0.05, 0) is 37.6 Å². The molecular formula is C16H19F3N2O4. The van der Waals surface area contributed by atoms with E-state index < -0.39 is 42.6 Å². The van der Waals surface area contributed by atoms with Crippen LogP contribution in [0.15, 0.2) is 24.3 Å². The first-order valence-corrected chi connectivity index (χ1v) is 7.53. The second-order valence-electron chi connectivity index (χ2n) is 5.43. The monoisotopic (exact) mass is 360 g/mol. The molecule has 1 atom stereocenters. The molecule has 1 unspecified atom stereocenters. The minimum Gasteiger partial charge on any atom is -0.480 e. The third-order valence-corrected chi connectivity index (χ3v) is 3.62. The van der Waals surface area contributed by atoms with E-state index in [-0.39, 0.29) is 11.6 Å². The molecule has 138 valence electrons. The summed E-state index contributed by atoms with van der Waals surface area (Å²) in [5.41, 5.74) is -0.918. The van der Waals surface area contributed by atoms with Crippen LogP contribution in [0.2, 0.25) is 0 Å². The Labute approximate surface area is 142 Å². The molecule has 6 nitrogen and oxygen atoms in total. The summed E-state index contributed by atoms with van der Waals surface area (Å²) in [7, 11) is 0. The van der Waals surface area contributed by atoms with Crippen LogP contribution in [0.1, 0.15) is 36.2 Å². The van der Waals surface area contributed by atoms with Crippen LogP contribution < -0.4 is 5.32 Å². The topological polar surface area (TPSA) is 86.7 Å². The summed E-state index contributed by atoms with van der Waals surface area (Å²) in [6.45, 7) is 2.52. The van der Waals surface area contributed by atoms with E-state index in [1.165, 1.54) is 0 Å². The van der Waals surface area contributed by atoms with Gasteiger partial charge >= 0.3 is 12.1 Å². The Bertz CT molecular complexity index is 629. The van der Waals surface area contributed by atoms with Crippen molar-refractivity contribution in [2.24, 2.45) is 0 Å².